The van der Waals surface area contributed by atoms with Crippen molar-refractivity contribution in [3.8, 4) is 6.07 Å². The van der Waals surface area contributed by atoms with Gasteiger partial charge in [0.25, 0.3) is 0 Å². The molecule has 0 amide bonds. The number of hydrogen-bond acceptors (Lipinski definition) is 3. The molecule has 12 heavy (non-hydrogen) atoms. The Balaban J connectivity index is 2.53. The fraction of sp³-hybridized carbons (Fsp3) is 0.375. The van der Waals surface area contributed by atoms with Crippen molar-refractivity contribution < 1.29 is 0 Å². The van der Waals surface area contributed by atoms with Crippen LogP contribution in [-0.2, 0) is 6.54 Å². The van der Waals surface area contributed by atoms with E-state index in [0.717, 1.165) is 17.1 Å². The summed E-state index contributed by atoms with van der Waals surface area (Å²) in [7, 11) is 1.90. The third kappa shape index (κ3) is 2.49. The lowest BCUT2D eigenvalue weighted by molar-refractivity contribution is 0.368. The lowest BCUT2D eigenvalue weighted by Gasteiger charge is -2.10. The van der Waals surface area contributed by atoms with Gasteiger partial charge in [0.05, 0.1) is 17.6 Å². The predicted molar refractivity (Wildman–Crippen MR) is 51.3 cm³/mol. The maximum Gasteiger partial charge on any atom is 0.0866 e. The highest BCUT2D eigenvalue weighted by atomic mass is 35.5. The molecule has 0 radical (unpaired) electrons. The van der Waals surface area contributed by atoms with Gasteiger partial charge in [-0.25, -0.2) is 0 Å². The third-order valence-corrected chi connectivity index (χ3v) is 2.74. The molecular weight excluding hydrogens is 192 g/mol. The van der Waals surface area contributed by atoms with Crippen molar-refractivity contribution in [3.63, 3.8) is 0 Å². The number of thiophene rings is 1. The first-order valence-electron chi connectivity index (χ1n) is 3.50. The molecule has 0 aliphatic carbocycles. The van der Waals surface area contributed by atoms with Crippen LogP contribution >= 0.6 is 22.9 Å². The summed E-state index contributed by atoms with van der Waals surface area (Å²) in [5.74, 6) is 0. The maximum absolute atomic E-state index is 8.41. The maximum atomic E-state index is 8.41. The number of rotatable bonds is 3. The van der Waals surface area contributed by atoms with E-state index in [0.29, 0.717) is 6.54 Å². The Morgan fingerprint density at radius 1 is 1.67 bits per heavy atom. The summed E-state index contributed by atoms with van der Waals surface area (Å²) in [6.45, 7) is 1.18. The molecule has 4 heteroatoms. The van der Waals surface area contributed by atoms with Gasteiger partial charge in [-0.3, -0.25) is 4.90 Å². The van der Waals surface area contributed by atoms with E-state index >= 15 is 0 Å². The second kappa shape index (κ2) is 4.46. The van der Waals surface area contributed by atoms with Crippen molar-refractivity contribution in [2.24, 2.45) is 0 Å². The van der Waals surface area contributed by atoms with E-state index < -0.39 is 0 Å². The minimum Gasteiger partial charge on any atom is -0.289 e. The Labute approximate surface area is 81.0 Å². The van der Waals surface area contributed by atoms with E-state index in [1.54, 1.807) is 11.3 Å². The molecule has 1 aromatic rings. The zero-order chi connectivity index (χ0) is 8.97. The lowest BCUT2D eigenvalue weighted by Crippen LogP contribution is -2.17. The first kappa shape index (κ1) is 9.53. The van der Waals surface area contributed by atoms with Crippen molar-refractivity contribution in [1.29, 1.82) is 5.26 Å². The molecule has 0 fully saturated rings. The van der Waals surface area contributed by atoms with Crippen molar-refractivity contribution >= 4 is 22.9 Å². The first-order valence-corrected chi connectivity index (χ1v) is 4.82. The highest BCUT2D eigenvalue weighted by Gasteiger charge is 2.03. The predicted octanol–water partition coefficient (Wildman–Crippen LogP) is 2.36. The molecule has 1 rings (SSSR count). The van der Waals surface area contributed by atoms with Gasteiger partial charge in [-0.2, -0.15) is 16.6 Å². The Kier molecular flexibility index (Phi) is 3.54. The van der Waals surface area contributed by atoms with Crippen molar-refractivity contribution in [3.05, 3.63) is 21.3 Å². The fourth-order valence-electron chi connectivity index (χ4n) is 0.888. The number of halogens is 1. The topological polar surface area (TPSA) is 27.0 Å². The summed E-state index contributed by atoms with van der Waals surface area (Å²) in [4.78, 5) is 1.92. The highest BCUT2D eigenvalue weighted by molar-refractivity contribution is 7.08. The van der Waals surface area contributed by atoms with Gasteiger partial charge in [0.15, 0.2) is 0 Å². The van der Waals surface area contributed by atoms with E-state index in [1.807, 2.05) is 22.7 Å². The van der Waals surface area contributed by atoms with Gasteiger partial charge in [0, 0.05) is 11.9 Å². The highest BCUT2D eigenvalue weighted by Crippen LogP contribution is 2.21. The van der Waals surface area contributed by atoms with E-state index in [2.05, 4.69) is 6.07 Å². The van der Waals surface area contributed by atoms with Crippen molar-refractivity contribution in [1.82, 2.24) is 4.90 Å². The van der Waals surface area contributed by atoms with E-state index in [-0.39, 0.29) is 0 Å². The van der Waals surface area contributed by atoms with Gasteiger partial charge in [-0.05, 0) is 18.0 Å². The Morgan fingerprint density at radius 3 is 2.92 bits per heavy atom. The standard InChI is InChI=1S/C8H9ClN2S/c1-11(3-2-10)4-7-5-12-6-8(7)9/h5-6H,3-4H2,1H3. The SMILES string of the molecule is CN(CC#N)Cc1cscc1Cl. The summed E-state index contributed by atoms with van der Waals surface area (Å²) >= 11 is 7.47. The Bertz CT molecular complexity index is 289. The number of nitriles is 1. The van der Waals surface area contributed by atoms with Crippen LogP contribution in [0.3, 0.4) is 0 Å². The first-order chi connectivity index (χ1) is 5.74. The largest absolute Gasteiger partial charge is 0.289 e. The summed E-state index contributed by atoms with van der Waals surface area (Å²) in [6, 6.07) is 2.09. The quantitative estimate of drug-likeness (QED) is 0.701. The second-order valence-corrected chi connectivity index (χ2v) is 3.73. The minimum atomic E-state index is 0.437. The van der Waals surface area contributed by atoms with E-state index in [1.165, 1.54) is 0 Å². The van der Waals surface area contributed by atoms with Crippen molar-refractivity contribution in [2.75, 3.05) is 13.6 Å². The summed E-state index contributed by atoms with van der Waals surface area (Å²) in [5, 5.41) is 13.1. The van der Waals surface area contributed by atoms with Crippen LogP contribution < -0.4 is 0 Å². The average molecular weight is 201 g/mol. The Hall–Kier alpha value is -0.560. The zero-order valence-corrected chi connectivity index (χ0v) is 8.32. The summed E-state index contributed by atoms with van der Waals surface area (Å²) < 4.78 is 0. The van der Waals surface area contributed by atoms with Gasteiger partial charge in [0.2, 0.25) is 0 Å². The minimum absolute atomic E-state index is 0.437. The molecule has 1 aromatic heterocycles. The number of hydrogen-bond donors (Lipinski definition) is 0. The van der Waals surface area contributed by atoms with E-state index in [9.17, 15) is 0 Å². The van der Waals surface area contributed by atoms with Crippen LogP contribution in [0.25, 0.3) is 0 Å². The van der Waals surface area contributed by atoms with Gasteiger partial charge in [0.1, 0.15) is 0 Å². The molecule has 0 aromatic carbocycles. The van der Waals surface area contributed by atoms with E-state index in [4.69, 9.17) is 16.9 Å². The van der Waals surface area contributed by atoms with Crippen LogP contribution in [0.15, 0.2) is 10.8 Å². The smallest absolute Gasteiger partial charge is 0.0866 e. The number of nitrogens with zero attached hydrogens (tertiary/aromatic N) is 2. The lowest BCUT2D eigenvalue weighted by atomic mass is 10.3. The molecule has 0 N–H and O–H groups in total. The third-order valence-electron chi connectivity index (χ3n) is 1.47. The molecule has 0 aliphatic heterocycles. The molecule has 0 saturated heterocycles. The fourth-order valence-corrected chi connectivity index (χ4v) is 1.93. The molecule has 0 unspecified atom stereocenters. The average Bonchev–Trinajstić information content (AvgIpc) is 2.37. The van der Waals surface area contributed by atoms with Crippen LogP contribution in [0.4, 0.5) is 0 Å². The molecule has 0 atom stereocenters. The molecule has 1 heterocycles. The normalized spacial score (nSPS) is 10.2. The van der Waals surface area contributed by atoms with Crippen LogP contribution in [0.1, 0.15) is 5.56 Å². The van der Waals surface area contributed by atoms with Crippen molar-refractivity contribution in [2.45, 2.75) is 6.54 Å². The summed E-state index contributed by atoms with van der Waals surface area (Å²) in [5.41, 5.74) is 1.10. The summed E-state index contributed by atoms with van der Waals surface area (Å²) in [6.07, 6.45) is 0. The van der Waals surface area contributed by atoms with Gasteiger partial charge in [-0.1, -0.05) is 11.6 Å². The molecular formula is C8H9ClN2S. The molecule has 0 aliphatic rings. The Morgan fingerprint density at radius 2 is 2.42 bits per heavy atom. The van der Waals surface area contributed by atoms with Crippen LogP contribution in [-0.4, -0.2) is 18.5 Å². The van der Waals surface area contributed by atoms with Gasteiger partial charge >= 0.3 is 0 Å². The zero-order valence-electron chi connectivity index (χ0n) is 6.75. The van der Waals surface area contributed by atoms with Crippen LogP contribution in [0, 0.1) is 11.3 Å². The van der Waals surface area contributed by atoms with Crippen LogP contribution in [0.2, 0.25) is 5.02 Å². The molecule has 0 spiro atoms. The molecule has 0 saturated carbocycles. The molecule has 64 valence electrons. The van der Waals surface area contributed by atoms with Crippen LogP contribution in [0.5, 0.6) is 0 Å². The molecule has 0 bridgehead atoms. The monoisotopic (exact) mass is 200 g/mol. The second-order valence-electron chi connectivity index (χ2n) is 2.58. The van der Waals surface area contributed by atoms with Gasteiger partial charge < -0.3 is 0 Å². The van der Waals surface area contributed by atoms with Gasteiger partial charge in [-0.15, -0.1) is 0 Å². The molecule has 2 nitrogen and oxygen atoms in total.